The molecule has 0 bridgehead atoms. The van der Waals surface area contributed by atoms with Gasteiger partial charge in [-0.25, -0.2) is 0 Å². The monoisotopic (exact) mass is 408 g/mol. The van der Waals surface area contributed by atoms with Gasteiger partial charge in [-0.1, -0.05) is 35.5 Å². The molecule has 0 saturated heterocycles. The van der Waals surface area contributed by atoms with Crippen LogP contribution in [0.5, 0.6) is 5.75 Å². The predicted molar refractivity (Wildman–Crippen MR) is 112 cm³/mol. The van der Waals surface area contributed by atoms with Gasteiger partial charge >= 0.3 is 0 Å². The van der Waals surface area contributed by atoms with Crippen LogP contribution >= 0.6 is 23.4 Å². The van der Waals surface area contributed by atoms with E-state index in [2.05, 4.69) is 15.2 Å². The lowest BCUT2D eigenvalue weighted by atomic mass is 10.2. The molecule has 0 unspecified atom stereocenters. The number of thioether (sulfide) groups is 1. The molecule has 0 saturated carbocycles. The average molecular weight is 409 g/mol. The van der Waals surface area contributed by atoms with E-state index < -0.39 is 0 Å². The van der Waals surface area contributed by atoms with Gasteiger partial charge in [-0.3, -0.25) is 9.55 Å². The number of nitrogens with zero attached hydrogens (tertiary/aromatic N) is 4. The lowest BCUT2D eigenvalue weighted by Gasteiger charge is -2.11. The number of aromatic nitrogens is 4. The number of halogens is 1. The third-order valence-electron chi connectivity index (χ3n) is 4.16. The van der Waals surface area contributed by atoms with Gasteiger partial charge in [0.1, 0.15) is 5.75 Å². The first-order valence-corrected chi connectivity index (χ1v) is 9.98. The molecule has 28 heavy (non-hydrogen) atoms. The molecule has 0 fully saturated rings. The van der Waals surface area contributed by atoms with E-state index in [0.717, 1.165) is 38.8 Å². The van der Waals surface area contributed by atoms with E-state index in [1.165, 1.54) is 5.56 Å². The molecule has 140 valence electrons. The van der Waals surface area contributed by atoms with Gasteiger partial charge in [-0.2, -0.15) is 0 Å². The molecule has 5 nitrogen and oxygen atoms in total. The minimum atomic E-state index is 0.731. The summed E-state index contributed by atoms with van der Waals surface area (Å²) in [6.45, 7) is 0. The molecule has 0 atom stereocenters. The quantitative estimate of drug-likeness (QED) is 0.406. The maximum atomic E-state index is 5.98. The highest BCUT2D eigenvalue weighted by Gasteiger charge is 2.16. The van der Waals surface area contributed by atoms with E-state index >= 15 is 0 Å². The van der Waals surface area contributed by atoms with E-state index in [1.807, 2.05) is 65.2 Å². The largest absolute Gasteiger partial charge is 0.497 e. The standard InChI is InChI=1S/C21H17ClN4OS/c1-27-19-10-8-18(9-11-19)26-20(16-3-2-12-23-13-16)24-25-21(26)28-14-15-4-6-17(22)7-5-15/h2-13H,14H2,1H3. The first-order chi connectivity index (χ1) is 13.7. The van der Waals surface area contributed by atoms with Crippen molar-refractivity contribution >= 4 is 23.4 Å². The van der Waals surface area contributed by atoms with Gasteiger partial charge in [0.05, 0.1) is 7.11 Å². The van der Waals surface area contributed by atoms with Crippen molar-refractivity contribution in [1.29, 1.82) is 0 Å². The number of hydrogen-bond donors (Lipinski definition) is 0. The Morgan fingerprint density at radius 2 is 1.79 bits per heavy atom. The molecule has 0 N–H and O–H groups in total. The zero-order valence-electron chi connectivity index (χ0n) is 15.1. The molecule has 0 amide bonds. The van der Waals surface area contributed by atoms with Crippen molar-refractivity contribution in [2.45, 2.75) is 10.9 Å². The highest BCUT2D eigenvalue weighted by Crippen LogP contribution is 2.30. The molecular weight excluding hydrogens is 392 g/mol. The van der Waals surface area contributed by atoms with Crippen molar-refractivity contribution in [1.82, 2.24) is 19.7 Å². The molecule has 4 rings (SSSR count). The summed E-state index contributed by atoms with van der Waals surface area (Å²) in [4.78, 5) is 4.21. The number of ether oxygens (including phenoxy) is 1. The second-order valence-corrected chi connectivity index (χ2v) is 7.38. The number of benzene rings is 2. The minimum absolute atomic E-state index is 0.731. The summed E-state index contributed by atoms with van der Waals surface area (Å²) in [7, 11) is 1.66. The van der Waals surface area contributed by atoms with Crippen LogP contribution in [-0.2, 0) is 5.75 Å². The van der Waals surface area contributed by atoms with E-state index in [1.54, 1.807) is 31.3 Å². The van der Waals surface area contributed by atoms with E-state index in [-0.39, 0.29) is 0 Å². The molecule has 0 aliphatic carbocycles. The van der Waals surface area contributed by atoms with Crippen LogP contribution in [0.3, 0.4) is 0 Å². The summed E-state index contributed by atoms with van der Waals surface area (Å²) >= 11 is 7.60. The predicted octanol–water partition coefficient (Wildman–Crippen LogP) is 5.28. The lowest BCUT2D eigenvalue weighted by Crippen LogP contribution is -2.00. The number of methoxy groups -OCH3 is 1. The van der Waals surface area contributed by atoms with Crippen LogP contribution in [0.4, 0.5) is 0 Å². The maximum Gasteiger partial charge on any atom is 0.196 e. The van der Waals surface area contributed by atoms with E-state index in [0.29, 0.717) is 0 Å². The molecule has 2 aromatic carbocycles. The fraction of sp³-hybridized carbons (Fsp3) is 0.0952. The fourth-order valence-corrected chi connectivity index (χ4v) is 3.77. The highest BCUT2D eigenvalue weighted by molar-refractivity contribution is 7.98. The third kappa shape index (κ3) is 4.03. The Kier molecular flexibility index (Phi) is 5.60. The Hall–Kier alpha value is -2.83. The highest BCUT2D eigenvalue weighted by atomic mass is 35.5. The third-order valence-corrected chi connectivity index (χ3v) is 5.42. The van der Waals surface area contributed by atoms with Crippen molar-refractivity contribution in [2.75, 3.05) is 7.11 Å². The van der Waals surface area contributed by atoms with Gasteiger partial charge in [0, 0.05) is 34.4 Å². The van der Waals surface area contributed by atoms with Gasteiger partial charge in [-0.05, 0) is 54.1 Å². The Morgan fingerprint density at radius 1 is 1.00 bits per heavy atom. The van der Waals surface area contributed by atoms with Crippen molar-refractivity contribution < 1.29 is 4.74 Å². The molecule has 7 heteroatoms. The van der Waals surface area contributed by atoms with E-state index in [4.69, 9.17) is 16.3 Å². The Bertz CT molecular complexity index is 1050. The van der Waals surface area contributed by atoms with Crippen molar-refractivity contribution in [2.24, 2.45) is 0 Å². The van der Waals surface area contributed by atoms with Gasteiger partial charge < -0.3 is 4.74 Å². The summed E-state index contributed by atoms with van der Waals surface area (Å²) < 4.78 is 7.32. The van der Waals surface area contributed by atoms with E-state index in [9.17, 15) is 0 Å². The molecule has 2 heterocycles. The number of pyridine rings is 1. The SMILES string of the molecule is COc1ccc(-n2c(SCc3ccc(Cl)cc3)nnc2-c2cccnc2)cc1. The Balaban J connectivity index is 1.71. The smallest absolute Gasteiger partial charge is 0.196 e. The van der Waals surface area contributed by atoms with Crippen molar-refractivity contribution in [3.05, 3.63) is 83.6 Å². The average Bonchev–Trinajstić information content (AvgIpc) is 3.18. The van der Waals surface area contributed by atoms with Crippen LogP contribution in [0.25, 0.3) is 17.1 Å². The van der Waals surface area contributed by atoms with Crippen LogP contribution < -0.4 is 4.74 Å². The van der Waals surface area contributed by atoms with Crippen LogP contribution in [0.1, 0.15) is 5.56 Å². The topological polar surface area (TPSA) is 52.8 Å². The molecule has 2 aromatic heterocycles. The summed E-state index contributed by atoms with van der Waals surface area (Å²) in [6, 6.07) is 19.5. The molecule has 4 aromatic rings. The normalized spacial score (nSPS) is 10.8. The lowest BCUT2D eigenvalue weighted by molar-refractivity contribution is 0.414. The van der Waals surface area contributed by atoms with Crippen molar-refractivity contribution in [3.63, 3.8) is 0 Å². The number of hydrogen-bond acceptors (Lipinski definition) is 5. The zero-order valence-corrected chi connectivity index (χ0v) is 16.7. The zero-order chi connectivity index (χ0) is 19.3. The van der Waals surface area contributed by atoms with Crippen molar-refractivity contribution in [3.8, 4) is 22.8 Å². The molecule has 0 aliphatic rings. The van der Waals surface area contributed by atoms with Crippen LogP contribution in [0.15, 0.2) is 78.2 Å². The second-order valence-electron chi connectivity index (χ2n) is 6.00. The molecule has 0 aliphatic heterocycles. The second kappa shape index (κ2) is 8.46. The van der Waals surface area contributed by atoms with Gasteiger partial charge in [0.25, 0.3) is 0 Å². The summed E-state index contributed by atoms with van der Waals surface area (Å²) in [5.41, 5.74) is 3.04. The Labute approximate surface area is 172 Å². The summed E-state index contributed by atoms with van der Waals surface area (Å²) in [5, 5.41) is 10.4. The van der Waals surface area contributed by atoms with Gasteiger partial charge in [-0.15, -0.1) is 10.2 Å². The molecule has 0 radical (unpaired) electrons. The summed E-state index contributed by atoms with van der Waals surface area (Å²) in [6.07, 6.45) is 3.53. The van der Waals surface area contributed by atoms with Crippen LogP contribution in [0.2, 0.25) is 5.02 Å². The first-order valence-electron chi connectivity index (χ1n) is 8.62. The maximum absolute atomic E-state index is 5.98. The summed E-state index contributed by atoms with van der Waals surface area (Å²) in [5.74, 6) is 2.31. The molecular formula is C21H17ClN4OS. The minimum Gasteiger partial charge on any atom is -0.497 e. The van der Waals surface area contributed by atoms with Gasteiger partial charge in [0.15, 0.2) is 11.0 Å². The fourth-order valence-electron chi connectivity index (χ4n) is 2.74. The number of rotatable bonds is 6. The Morgan fingerprint density at radius 3 is 2.46 bits per heavy atom. The first kappa shape index (κ1) is 18.5. The van der Waals surface area contributed by atoms with Crippen LogP contribution in [0, 0.1) is 0 Å². The molecule has 0 spiro atoms. The van der Waals surface area contributed by atoms with Gasteiger partial charge in [0.2, 0.25) is 0 Å². The van der Waals surface area contributed by atoms with Crippen LogP contribution in [-0.4, -0.2) is 26.9 Å².